The Morgan fingerprint density at radius 3 is 2.52 bits per heavy atom. The normalized spacial score (nSPS) is 17.7. The average molecular weight is 294 g/mol. The van der Waals surface area contributed by atoms with Gasteiger partial charge in [-0.3, -0.25) is 10.1 Å². The molecule has 0 amide bonds. The van der Waals surface area contributed by atoms with E-state index in [-0.39, 0.29) is 5.69 Å². The molecule has 0 saturated carbocycles. The van der Waals surface area contributed by atoms with Gasteiger partial charge in [-0.25, -0.2) is 0 Å². The van der Waals surface area contributed by atoms with Crippen LogP contribution < -0.4 is 9.47 Å². The van der Waals surface area contributed by atoms with E-state index < -0.39 is 11.0 Å². The Morgan fingerprint density at radius 1 is 1.43 bits per heavy atom. The number of aliphatic hydroxyl groups is 1. The average Bonchev–Trinajstić information content (AvgIpc) is 2.91. The zero-order valence-electron chi connectivity index (χ0n) is 12.0. The number of nitro groups is 1. The highest BCUT2D eigenvalue weighted by molar-refractivity contribution is 5.73. The van der Waals surface area contributed by atoms with Crippen LogP contribution >= 0.6 is 0 Å². The van der Waals surface area contributed by atoms with Crippen molar-refractivity contribution in [2.45, 2.75) is 12.5 Å². The number of benzene rings is 1. The lowest BCUT2D eigenvalue weighted by Gasteiger charge is -2.21. The largest absolute Gasteiger partial charge is 0.493 e. The van der Waals surface area contributed by atoms with Crippen molar-refractivity contribution in [2.75, 3.05) is 27.3 Å². The van der Waals surface area contributed by atoms with Crippen molar-refractivity contribution >= 4 is 11.4 Å². The number of ether oxygens (including phenoxy) is 2. The maximum Gasteiger partial charge on any atom is 0.282 e. The lowest BCUT2D eigenvalue weighted by atomic mass is 10.1. The van der Waals surface area contributed by atoms with Crippen LogP contribution in [0.25, 0.3) is 5.70 Å². The van der Waals surface area contributed by atoms with E-state index in [1.165, 1.54) is 20.3 Å². The predicted molar refractivity (Wildman–Crippen MR) is 77.4 cm³/mol. The van der Waals surface area contributed by atoms with Crippen LogP contribution in [-0.4, -0.2) is 48.3 Å². The van der Waals surface area contributed by atoms with E-state index in [0.717, 1.165) is 0 Å². The number of methoxy groups -OCH3 is 2. The third-order valence-corrected chi connectivity index (χ3v) is 3.55. The van der Waals surface area contributed by atoms with E-state index >= 15 is 0 Å². The second kappa shape index (κ2) is 6.01. The molecule has 0 radical (unpaired) electrons. The Bertz CT molecular complexity index is 573. The van der Waals surface area contributed by atoms with Crippen LogP contribution in [0.5, 0.6) is 11.5 Å². The van der Waals surface area contributed by atoms with Gasteiger partial charge in [0.2, 0.25) is 0 Å². The molecule has 1 aromatic rings. The molecule has 7 heteroatoms. The minimum absolute atomic E-state index is 0.0981. The van der Waals surface area contributed by atoms with Gasteiger partial charge in [-0.05, 0) is 6.42 Å². The smallest absolute Gasteiger partial charge is 0.282 e. The summed E-state index contributed by atoms with van der Waals surface area (Å²) in [5, 5.41) is 20.9. The number of rotatable bonds is 5. The number of aliphatic hydroxyl groups excluding tert-OH is 1. The third kappa shape index (κ3) is 2.92. The van der Waals surface area contributed by atoms with Gasteiger partial charge in [-0.2, -0.15) is 0 Å². The number of hydrogen-bond acceptors (Lipinski definition) is 6. The summed E-state index contributed by atoms with van der Waals surface area (Å²) < 4.78 is 10.3. The summed E-state index contributed by atoms with van der Waals surface area (Å²) in [6, 6.07) is 2.87. The summed E-state index contributed by atoms with van der Waals surface area (Å²) in [5.41, 5.74) is 0.769. The van der Waals surface area contributed by atoms with Gasteiger partial charge in [0.05, 0.1) is 36.9 Å². The van der Waals surface area contributed by atoms with E-state index in [1.54, 1.807) is 6.07 Å². The zero-order valence-corrected chi connectivity index (χ0v) is 12.0. The maximum absolute atomic E-state index is 11.3. The first-order valence-electron chi connectivity index (χ1n) is 6.50. The van der Waals surface area contributed by atoms with Crippen molar-refractivity contribution in [1.82, 2.24) is 4.90 Å². The number of β-amino-alcohol motifs (C(OH)–C–C–N with tert-alkyl or cyclic N) is 1. The highest BCUT2D eigenvalue weighted by Gasteiger charge is 2.27. The molecular weight excluding hydrogens is 276 g/mol. The SMILES string of the molecule is C=C(c1cc(OC)c(OC)cc1[N+](=O)[O-])N1CCC(O)C1. The highest BCUT2D eigenvalue weighted by atomic mass is 16.6. The van der Waals surface area contributed by atoms with Gasteiger partial charge in [-0.15, -0.1) is 0 Å². The lowest BCUT2D eigenvalue weighted by Crippen LogP contribution is -2.20. The standard InChI is InChI=1S/C14H18N2O5/c1-9(15-5-4-10(17)8-15)11-6-13(20-2)14(21-3)7-12(11)16(18)19/h6-7,10,17H,1,4-5,8H2,2-3H3. The molecule has 1 fully saturated rings. The molecule has 114 valence electrons. The molecule has 2 rings (SSSR count). The minimum atomic E-state index is -0.477. The third-order valence-electron chi connectivity index (χ3n) is 3.55. The molecule has 0 aromatic heterocycles. The fourth-order valence-electron chi connectivity index (χ4n) is 2.41. The Balaban J connectivity index is 2.45. The molecule has 1 aliphatic heterocycles. The Kier molecular flexibility index (Phi) is 4.32. The molecule has 1 heterocycles. The molecule has 1 N–H and O–H groups in total. The second-order valence-corrected chi connectivity index (χ2v) is 4.82. The Labute approximate surface area is 122 Å². The molecule has 1 unspecified atom stereocenters. The van der Waals surface area contributed by atoms with Crippen LogP contribution in [0.2, 0.25) is 0 Å². The first-order valence-corrected chi connectivity index (χ1v) is 6.50. The van der Waals surface area contributed by atoms with E-state index in [2.05, 4.69) is 6.58 Å². The monoisotopic (exact) mass is 294 g/mol. The van der Waals surface area contributed by atoms with Gasteiger partial charge in [0, 0.05) is 24.9 Å². The van der Waals surface area contributed by atoms with Gasteiger partial charge in [0.1, 0.15) is 0 Å². The van der Waals surface area contributed by atoms with Gasteiger partial charge in [0.15, 0.2) is 11.5 Å². The summed E-state index contributed by atoms with van der Waals surface area (Å²) in [6.45, 7) is 4.97. The van der Waals surface area contributed by atoms with Crippen molar-refractivity contribution in [3.63, 3.8) is 0 Å². The predicted octanol–water partition coefficient (Wildman–Crippen LogP) is 1.65. The van der Waals surface area contributed by atoms with Crippen molar-refractivity contribution in [2.24, 2.45) is 0 Å². The van der Waals surface area contributed by atoms with E-state index in [1.807, 2.05) is 4.90 Å². The molecule has 0 aliphatic carbocycles. The van der Waals surface area contributed by atoms with Crippen LogP contribution in [0.4, 0.5) is 5.69 Å². The molecule has 1 saturated heterocycles. The van der Waals surface area contributed by atoms with Gasteiger partial charge < -0.3 is 19.5 Å². The maximum atomic E-state index is 11.3. The molecule has 1 atom stereocenters. The summed E-state index contributed by atoms with van der Waals surface area (Å²) in [6.07, 6.45) is 0.195. The van der Waals surface area contributed by atoms with Crippen LogP contribution in [0.1, 0.15) is 12.0 Å². The fraction of sp³-hybridized carbons (Fsp3) is 0.429. The van der Waals surface area contributed by atoms with Gasteiger partial charge in [-0.1, -0.05) is 6.58 Å². The van der Waals surface area contributed by atoms with E-state index in [4.69, 9.17) is 9.47 Å². The number of nitro benzene ring substituents is 1. The van der Waals surface area contributed by atoms with Crippen molar-refractivity contribution in [1.29, 1.82) is 0 Å². The number of hydrogen-bond donors (Lipinski definition) is 1. The zero-order chi connectivity index (χ0) is 15.6. The van der Waals surface area contributed by atoms with E-state index in [9.17, 15) is 15.2 Å². The summed E-state index contributed by atoms with van der Waals surface area (Å²) in [5.74, 6) is 0.696. The molecule has 21 heavy (non-hydrogen) atoms. The number of likely N-dealkylation sites (tertiary alicyclic amines) is 1. The van der Waals surface area contributed by atoms with Gasteiger partial charge in [0.25, 0.3) is 5.69 Å². The van der Waals surface area contributed by atoms with Crippen molar-refractivity contribution in [3.05, 3.63) is 34.4 Å². The topological polar surface area (TPSA) is 85.1 Å². The molecule has 0 bridgehead atoms. The highest BCUT2D eigenvalue weighted by Crippen LogP contribution is 2.38. The van der Waals surface area contributed by atoms with Crippen LogP contribution in [0, 0.1) is 10.1 Å². The Hall–Kier alpha value is -2.28. The lowest BCUT2D eigenvalue weighted by molar-refractivity contribution is -0.385. The fourth-order valence-corrected chi connectivity index (χ4v) is 2.41. The van der Waals surface area contributed by atoms with Crippen LogP contribution in [0.15, 0.2) is 18.7 Å². The van der Waals surface area contributed by atoms with Crippen molar-refractivity contribution < 1.29 is 19.5 Å². The molecule has 1 aliphatic rings. The minimum Gasteiger partial charge on any atom is -0.493 e. The quantitative estimate of drug-likeness (QED) is 0.656. The second-order valence-electron chi connectivity index (χ2n) is 4.82. The van der Waals surface area contributed by atoms with Crippen molar-refractivity contribution in [3.8, 4) is 11.5 Å². The van der Waals surface area contributed by atoms with Crippen LogP contribution in [0.3, 0.4) is 0 Å². The molecule has 7 nitrogen and oxygen atoms in total. The molecular formula is C14H18N2O5. The first-order chi connectivity index (χ1) is 9.97. The number of nitrogens with zero attached hydrogens (tertiary/aromatic N) is 2. The summed E-state index contributed by atoms with van der Waals surface area (Å²) in [7, 11) is 2.89. The Morgan fingerprint density at radius 2 is 2.05 bits per heavy atom. The van der Waals surface area contributed by atoms with Gasteiger partial charge >= 0.3 is 0 Å². The van der Waals surface area contributed by atoms with Crippen LogP contribution in [-0.2, 0) is 0 Å². The first kappa shape index (κ1) is 15.1. The van der Waals surface area contributed by atoms with E-state index in [0.29, 0.717) is 42.3 Å². The summed E-state index contributed by atoms with van der Waals surface area (Å²) >= 11 is 0. The summed E-state index contributed by atoms with van der Waals surface area (Å²) in [4.78, 5) is 12.6. The molecule has 1 aromatic carbocycles. The molecule has 0 spiro atoms.